The number of anilines is 1. The quantitative estimate of drug-likeness (QED) is 0.204. The highest BCUT2D eigenvalue weighted by Crippen LogP contribution is 2.40. The van der Waals surface area contributed by atoms with E-state index in [1.807, 2.05) is 60.7 Å². The van der Waals surface area contributed by atoms with Gasteiger partial charge in [0.1, 0.15) is 11.7 Å². The van der Waals surface area contributed by atoms with E-state index in [1.54, 1.807) is 13.1 Å². The largest absolute Gasteiger partial charge is 0.325 e. The lowest BCUT2D eigenvalue weighted by molar-refractivity contribution is -0.115. The van der Waals surface area contributed by atoms with E-state index in [2.05, 4.69) is 22.5 Å². The number of rotatable bonds is 6. The molecule has 4 aromatic carbocycles. The lowest BCUT2D eigenvalue weighted by Crippen LogP contribution is -2.22. The molecule has 2 N–H and O–H groups in total. The molecule has 1 heterocycles. The van der Waals surface area contributed by atoms with E-state index < -0.39 is 21.6 Å². The standard InChI is InChI=1S/C31H24FN3O3S/c1-33-18-8-11-22-19-27-26(20-28(22)39(37,38)25-16-14-23(32)15-17-25)29(31(36)35-27)30(21-9-4-2-5-10-21)34-24-12-6-3-7-13-24/h2-7,9-10,12-17,19-20,29,33H,18H2,1H3,(H,35,36). The summed E-state index contributed by atoms with van der Waals surface area (Å²) in [5, 5.41) is 5.80. The number of fused-ring (bicyclic) bond motifs is 1. The third kappa shape index (κ3) is 5.36. The number of sulfone groups is 1. The average molecular weight is 538 g/mol. The summed E-state index contributed by atoms with van der Waals surface area (Å²) < 4.78 is 41.1. The Labute approximate surface area is 226 Å². The van der Waals surface area contributed by atoms with Crippen LogP contribution in [0.1, 0.15) is 22.6 Å². The number of halogens is 1. The fourth-order valence-corrected chi connectivity index (χ4v) is 5.82. The maximum absolute atomic E-state index is 13.8. The molecule has 0 spiro atoms. The van der Waals surface area contributed by atoms with Gasteiger partial charge in [0, 0.05) is 11.3 Å². The van der Waals surface area contributed by atoms with Crippen LogP contribution in [0.25, 0.3) is 0 Å². The molecule has 1 unspecified atom stereocenters. The highest BCUT2D eigenvalue weighted by Gasteiger charge is 2.37. The van der Waals surface area contributed by atoms with Crippen LogP contribution in [0, 0.1) is 17.7 Å². The van der Waals surface area contributed by atoms with E-state index in [9.17, 15) is 17.6 Å². The normalized spacial score (nSPS) is 14.8. The molecule has 194 valence electrons. The van der Waals surface area contributed by atoms with Gasteiger partial charge in [0.25, 0.3) is 0 Å². The number of hydrogen-bond acceptors (Lipinski definition) is 5. The molecular formula is C31H24FN3O3S. The molecule has 0 aliphatic carbocycles. The van der Waals surface area contributed by atoms with Crippen molar-refractivity contribution in [1.29, 1.82) is 0 Å². The van der Waals surface area contributed by atoms with Crippen molar-refractivity contribution in [3.05, 3.63) is 120 Å². The number of para-hydroxylation sites is 1. The van der Waals surface area contributed by atoms with Crippen LogP contribution in [-0.4, -0.2) is 33.6 Å². The topological polar surface area (TPSA) is 87.6 Å². The van der Waals surface area contributed by atoms with Crippen LogP contribution in [0.5, 0.6) is 0 Å². The lowest BCUT2D eigenvalue weighted by atomic mass is 9.90. The third-order valence-corrected chi connectivity index (χ3v) is 8.04. The molecule has 5 rings (SSSR count). The smallest absolute Gasteiger partial charge is 0.238 e. The zero-order valence-electron chi connectivity index (χ0n) is 21.0. The molecule has 0 radical (unpaired) electrons. The number of amides is 1. The SMILES string of the molecule is CNCC#Cc1cc2c(cc1S(=O)(=O)c1ccc(F)cc1)C(C(=Nc1ccccc1)c1ccccc1)C(=O)N2. The minimum Gasteiger partial charge on any atom is -0.325 e. The van der Waals surface area contributed by atoms with Crippen molar-refractivity contribution in [2.45, 2.75) is 15.7 Å². The van der Waals surface area contributed by atoms with Crippen LogP contribution in [0.15, 0.2) is 112 Å². The second kappa shape index (κ2) is 11.0. The zero-order chi connectivity index (χ0) is 27.4. The van der Waals surface area contributed by atoms with Crippen molar-refractivity contribution in [3.8, 4) is 11.8 Å². The van der Waals surface area contributed by atoms with Gasteiger partial charge < -0.3 is 10.6 Å². The first kappa shape index (κ1) is 26.0. The number of hydrogen-bond donors (Lipinski definition) is 2. The second-order valence-electron chi connectivity index (χ2n) is 8.85. The molecule has 39 heavy (non-hydrogen) atoms. The van der Waals surface area contributed by atoms with E-state index in [1.165, 1.54) is 18.2 Å². The van der Waals surface area contributed by atoms with E-state index in [-0.39, 0.29) is 21.3 Å². The molecule has 1 atom stereocenters. The number of aliphatic imine (C=N–C) groups is 1. The first-order chi connectivity index (χ1) is 18.9. The minimum atomic E-state index is -4.10. The summed E-state index contributed by atoms with van der Waals surface area (Å²) in [5.74, 6) is 4.07. The highest BCUT2D eigenvalue weighted by molar-refractivity contribution is 7.91. The molecule has 6 nitrogen and oxygen atoms in total. The molecule has 1 aliphatic rings. The van der Waals surface area contributed by atoms with Crippen molar-refractivity contribution in [1.82, 2.24) is 5.32 Å². The van der Waals surface area contributed by atoms with Crippen LogP contribution < -0.4 is 10.6 Å². The number of carbonyl (C=O) groups excluding carboxylic acids is 1. The first-order valence-electron chi connectivity index (χ1n) is 12.2. The van der Waals surface area contributed by atoms with E-state index in [0.717, 1.165) is 17.7 Å². The number of nitrogens with one attached hydrogen (secondary N) is 2. The second-order valence-corrected chi connectivity index (χ2v) is 10.8. The fraction of sp³-hybridized carbons (Fsp3) is 0.0968. The zero-order valence-corrected chi connectivity index (χ0v) is 21.8. The number of carbonyl (C=O) groups is 1. The van der Waals surface area contributed by atoms with Crippen LogP contribution in [-0.2, 0) is 14.6 Å². The Morgan fingerprint density at radius 2 is 1.64 bits per heavy atom. The number of nitrogens with zero attached hydrogens (tertiary/aromatic N) is 1. The van der Waals surface area contributed by atoms with Gasteiger partial charge in [0.05, 0.1) is 27.7 Å². The monoisotopic (exact) mass is 537 g/mol. The Hall–Kier alpha value is -4.58. The Kier molecular flexibility index (Phi) is 7.37. The summed E-state index contributed by atoms with van der Waals surface area (Å²) in [5.41, 5.74) is 3.04. The van der Waals surface area contributed by atoms with Crippen molar-refractivity contribution < 1.29 is 17.6 Å². The molecular weight excluding hydrogens is 513 g/mol. The van der Waals surface area contributed by atoms with E-state index in [4.69, 9.17) is 4.99 Å². The summed E-state index contributed by atoms with van der Waals surface area (Å²) in [7, 11) is -2.37. The summed E-state index contributed by atoms with van der Waals surface area (Å²) in [6.45, 7) is 0.337. The van der Waals surface area contributed by atoms with Gasteiger partial charge in [-0.1, -0.05) is 60.4 Å². The van der Waals surface area contributed by atoms with Gasteiger partial charge in [0.2, 0.25) is 15.7 Å². The summed E-state index contributed by atoms with van der Waals surface area (Å²) in [6, 6.07) is 26.3. The maximum atomic E-state index is 13.8. The molecule has 1 aliphatic heterocycles. The van der Waals surface area contributed by atoms with E-state index >= 15 is 0 Å². The minimum absolute atomic E-state index is 0.0647. The molecule has 0 fully saturated rings. The molecule has 8 heteroatoms. The molecule has 0 aromatic heterocycles. The van der Waals surface area contributed by atoms with Crippen molar-refractivity contribution in [3.63, 3.8) is 0 Å². The van der Waals surface area contributed by atoms with Crippen LogP contribution in [0.3, 0.4) is 0 Å². The Bertz CT molecular complexity index is 1730. The third-order valence-electron chi connectivity index (χ3n) is 6.23. The molecule has 0 saturated carbocycles. The maximum Gasteiger partial charge on any atom is 0.238 e. The molecule has 4 aromatic rings. The van der Waals surface area contributed by atoms with Crippen LogP contribution >= 0.6 is 0 Å². The fourth-order valence-electron chi connectivity index (χ4n) is 4.40. The lowest BCUT2D eigenvalue weighted by Gasteiger charge is -2.15. The summed E-state index contributed by atoms with van der Waals surface area (Å²) in [6.07, 6.45) is 0. The predicted molar refractivity (Wildman–Crippen MR) is 150 cm³/mol. The summed E-state index contributed by atoms with van der Waals surface area (Å²) in [4.78, 5) is 18.1. The van der Waals surface area contributed by atoms with E-state index in [0.29, 0.717) is 29.2 Å². The molecule has 0 bridgehead atoms. The van der Waals surface area contributed by atoms with Gasteiger partial charge in [-0.2, -0.15) is 0 Å². The highest BCUT2D eigenvalue weighted by atomic mass is 32.2. The summed E-state index contributed by atoms with van der Waals surface area (Å²) >= 11 is 0. The van der Waals surface area contributed by atoms with Crippen molar-refractivity contribution in [2.75, 3.05) is 18.9 Å². The van der Waals surface area contributed by atoms with Crippen molar-refractivity contribution in [2.24, 2.45) is 4.99 Å². The van der Waals surface area contributed by atoms with Gasteiger partial charge in [-0.05, 0) is 66.7 Å². The van der Waals surface area contributed by atoms with Gasteiger partial charge in [-0.15, -0.1) is 0 Å². The Balaban J connectivity index is 1.72. The van der Waals surface area contributed by atoms with Gasteiger partial charge in [-0.3, -0.25) is 9.79 Å². The Morgan fingerprint density at radius 3 is 2.31 bits per heavy atom. The van der Waals surface area contributed by atoms with Crippen LogP contribution in [0.2, 0.25) is 0 Å². The first-order valence-corrected chi connectivity index (χ1v) is 13.7. The van der Waals surface area contributed by atoms with Gasteiger partial charge >= 0.3 is 0 Å². The van der Waals surface area contributed by atoms with Gasteiger partial charge in [-0.25, -0.2) is 12.8 Å². The Morgan fingerprint density at radius 1 is 0.974 bits per heavy atom. The predicted octanol–water partition coefficient (Wildman–Crippen LogP) is 5.09. The van der Waals surface area contributed by atoms with Crippen molar-refractivity contribution >= 4 is 32.8 Å². The van der Waals surface area contributed by atoms with Crippen LogP contribution in [0.4, 0.5) is 15.8 Å². The average Bonchev–Trinajstić information content (AvgIpc) is 3.27. The number of benzene rings is 4. The molecule has 0 saturated heterocycles. The van der Waals surface area contributed by atoms with Gasteiger partial charge in [0.15, 0.2) is 0 Å². The molecule has 1 amide bonds.